The maximum absolute atomic E-state index is 5.87. The topological polar surface area (TPSA) is 26.0 Å². The molecule has 0 amide bonds. The van der Waals surface area contributed by atoms with Gasteiger partial charge in [0.25, 0.3) is 0 Å². The van der Waals surface area contributed by atoms with Gasteiger partial charge in [0, 0.05) is 11.8 Å². The number of thiol groups is 1. The van der Waals surface area contributed by atoms with Gasteiger partial charge in [0.1, 0.15) is 0 Å². The molecule has 0 heterocycles. The minimum Gasteiger partial charge on any atom is -0.323 e. The van der Waals surface area contributed by atoms with Crippen molar-refractivity contribution in [3.8, 4) is 0 Å². The molecule has 0 aliphatic heterocycles. The van der Waals surface area contributed by atoms with Crippen LogP contribution in [-0.2, 0) is 6.42 Å². The maximum atomic E-state index is 5.87. The molecule has 0 spiro atoms. The summed E-state index contributed by atoms with van der Waals surface area (Å²) in [4.78, 5) is 0. The average molecular weight is 209 g/mol. The second-order valence-electron chi connectivity index (χ2n) is 4.13. The second kappa shape index (κ2) is 5.42. The minimum atomic E-state index is 0.0615. The molecule has 2 heteroatoms. The third-order valence-corrected chi connectivity index (χ3v) is 2.64. The van der Waals surface area contributed by atoms with Crippen molar-refractivity contribution in [3.63, 3.8) is 0 Å². The third kappa shape index (κ3) is 3.35. The van der Waals surface area contributed by atoms with E-state index in [1.54, 1.807) is 0 Å². The summed E-state index contributed by atoms with van der Waals surface area (Å²) in [5.41, 5.74) is 8.43. The van der Waals surface area contributed by atoms with Gasteiger partial charge in [-0.1, -0.05) is 38.1 Å². The Bertz CT molecular complexity index is 266. The lowest BCUT2D eigenvalue weighted by Gasteiger charge is -2.10. The van der Waals surface area contributed by atoms with Crippen LogP contribution in [0.25, 0.3) is 0 Å². The van der Waals surface area contributed by atoms with Gasteiger partial charge in [0.15, 0.2) is 0 Å². The average Bonchev–Trinajstić information content (AvgIpc) is 2.17. The van der Waals surface area contributed by atoms with Crippen molar-refractivity contribution in [1.29, 1.82) is 0 Å². The lowest BCUT2D eigenvalue weighted by Crippen LogP contribution is -2.11. The molecule has 1 atom stereocenters. The minimum absolute atomic E-state index is 0.0615. The summed E-state index contributed by atoms with van der Waals surface area (Å²) in [5, 5.41) is 0. The van der Waals surface area contributed by atoms with E-state index in [-0.39, 0.29) is 6.04 Å². The van der Waals surface area contributed by atoms with Gasteiger partial charge in [-0.25, -0.2) is 0 Å². The summed E-state index contributed by atoms with van der Waals surface area (Å²) < 4.78 is 0. The Balaban J connectivity index is 2.68. The van der Waals surface area contributed by atoms with Crippen molar-refractivity contribution in [2.24, 2.45) is 11.7 Å². The highest BCUT2D eigenvalue weighted by Crippen LogP contribution is 2.14. The molecule has 1 aromatic carbocycles. The smallest absolute Gasteiger partial charge is 0.0384 e. The van der Waals surface area contributed by atoms with Crippen molar-refractivity contribution >= 4 is 12.6 Å². The van der Waals surface area contributed by atoms with Gasteiger partial charge >= 0.3 is 0 Å². The molecular formula is C12H19NS. The van der Waals surface area contributed by atoms with Crippen LogP contribution in [-0.4, -0.2) is 5.75 Å². The highest BCUT2D eigenvalue weighted by Gasteiger charge is 2.03. The Labute approximate surface area is 92.1 Å². The van der Waals surface area contributed by atoms with E-state index in [1.807, 2.05) is 0 Å². The predicted octanol–water partition coefficient (Wildman–Crippen LogP) is 2.81. The number of nitrogens with two attached hydrogens (primary N) is 1. The van der Waals surface area contributed by atoms with Gasteiger partial charge in [0.2, 0.25) is 0 Å². The first-order chi connectivity index (χ1) is 6.63. The van der Waals surface area contributed by atoms with Crippen molar-refractivity contribution in [1.82, 2.24) is 0 Å². The summed E-state index contributed by atoms with van der Waals surface area (Å²) >= 11 is 4.18. The molecule has 0 aliphatic rings. The van der Waals surface area contributed by atoms with E-state index >= 15 is 0 Å². The Hall–Kier alpha value is -0.470. The highest BCUT2D eigenvalue weighted by atomic mass is 32.1. The summed E-state index contributed by atoms with van der Waals surface area (Å²) in [5.74, 6) is 1.41. The van der Waals surface area contributed by atoms with Crippen LogP contribution in [0.4, 0.5) is 0 Å². The van der Waals surface area contributed by atoms with Crippen molar-refractivity contribution in [2.45, 2.75) is 26.3 Å². The third-order valence-electron chi connectivity index (χ3n) is 2.25. The van der Waals surface area contributed by atoms with Crippen LogP contribution in [0.15, 0.2) is 24.3 Å². The first kappa shape index (κ1) is 11.6. The lowest BCUT2D eigenvalue weighted by molar-refractivity contribution is 0.647. The molecule has 78 valence electrons. The molecule has 0 saturated heterocycles. The summed E-state index contributed by atoms with van der Waals surface area (Å²) in [6, 6.07) is 8.61. The van der Waals surface area contributed by atoms with E-state index in [1.165, 1.54) is 11.1 Å². The van der Waals surface area contributed by atoms with E-state index in [2.05, 4.69) is 50.7 Å². The first-order valence-electron chi connectivity index (χ1n) is 5.08. The first-order valence-corrected chi connectivity index (χ1v) is 5.72. The fourth-order valence-electron chi connectivity index (χ4n) is 1.48. The van der Waals surface area contributed by atoms with Gasteiger partial charge in [-0.15, -0.1) is 0 Å². The standard InChI is InChI=1S/C12H19NS/c1-9(2)7-10-3-5-11(6-4-10)12(13)8-14/h3-6,9,12,14H,7-8,13H2,1-2H3. The van der Waals surface area contributed by atoms with Gasteiger partial charge in [0.05, 0.1) is 0 Å². The van der Waals surface area contributed by atoms with Crippen molar-refractivity contribution < 1.29 is 0 Å². The molecule has 0 fully saturated rings. The van der Waals surface area contributed by atoms with Crippen molar-refractivity contribution in [2.75, 3.05) is 5.75 Å². The molecule has 0 bridgehead atoms. The van der Waals surface area contributed by atoms with E-state index in [0.717, 1.165) is 6.42 Å². The summed E-state index contributed by atoms with van der Waals surface area (Å²) in [6.07, 6.45) is 1.14. The molecule has 0 saturated carbocycles. The Morgan fingerprint density at radius 1 is 1.21 bits per heavy atom. The molecule has 1 unspecified atom stereocenters. The monoisotopic (exact) mass is 209 g/mol. The molecule has 2 N–H and O–H groups in total. The van der Waals surface area contributed by atoms with E-state index in [4.69, 9.17) is 5.73 Å². The van der Waals surface area contributed by atoms with Crippen LogP contribution in [0, 0.1) is 5.92 Å². The second-order valence-corrected chi connectivity index (χ2v) is 4.49. The summed E-state index contributed by atoms with van der Waals surface area (Å²) in [6.45, 7) is 4.46. The quantitative estimate of drug-likeness (QED) is 0.733. The van der Waals surface area contributed by atoms with Gasteiger partial charge < -0.3 is 5.73 Å². The van der Waals surface area contributed by atoms with Crippen molar-refractivity contribution in [3.05, 3.63) is 35.4 Å². The SMILES string of the molecule is CC(C)Cc1ccc(C(N)CS)cc1. The molecule has 1 aromatic rings. The fourth-order valence-corrected chi connectivity index (χ4v) is 1.69. The fraction of sp³-hybridized carbons (Fsp3) is 0.500. The predicted molar refractivity (Wildman–Crippen MR) is 65.8 cm³/mol. The Morgan fingerprint density at radius 2 is 1.79 bits per heavy atom. The molecule has 14 heavy (non-hydrogen) atoms. The van der Waals surface area contributed by atoms with E-state index in [9.17, 15) is 0 Å². The Morgan fingerprint density at radius 3 is 2.21 bits per heavy atom. The van der Waals surface area contributed by atoms with Crippen LogP contribution < -0.4 is 5.73 Å². The van der Waals surface area contributed by atoms with Crippen LogP contribution in [0.5, 0.6) is 0 Å². The van der Waals surface area contributed by atoms with Gasteiger partial charge in [-0.2, -0.15) is 12.6 Å². The van der Waals surface area contributed by atoms with Crippen LogP contribution in [0.1, 0.15) is 31.0 Å². The molecule has 1 nitrogen and oxygen atoms in total. The zero-order valence-electron chi connectivity index (χ0n) is 8.90. The number of hydrogen-bond donors (Lipinski definition) is 2. The molecule has 0 aliphatic carbocycles. The summed E-state index contributed by atoms with van der Waals surface area (Å²) in [7, 11) is 0. The Kier molecular flexibility index (Phi) is 4.49. The molecule has 0 radical (unpaired) electrons. The number of benzene rings is 1. The number of hydrogen-bond acceptors (Lipinski definition) is 2. The highest BCUT2D eigenvalue weighted by molar-refractivity contribution is 7.80. The molecular weight excluding hydrogens is 190 g/mol. The van der Waals surface area contributed by atoms with Crippen LogP contribution in [0.2, 0.25) is 0 Å². The van der Waals surface area contributed by atoms with Gasteiger partial charge in [-0.3, -0.25) is 0 Å². The zero-order chi connectivity index (χ0) is 10.6. The zero-order valence-corrected chi connectivity index (χ0v) is 9.80. The van der Waals surface area contributed by atoms with Crippen LogP contribution in [0.3, 0.4) is 0 Å². The normalized spacial score (nSPS) is 13.2. The van der Waals surface area contributed by atoms with Crippen LogP contribution >= 0.6 is 12.6 Å². The molecule has 0 aromatic heterocycles. The van der Waals surface area contributed by atoms with E-state index < -0.39 is 0 Å². The molecule has 1 rings (SSSR count). The maximum Gasteiger partial charge on any atom is 0.0384 e. The van der Waals surface area contributed by atoms with Gasteiger partial charge in [-0.05, 0) is 23.5 Å². The number of rotatable bonds is 4. The van der Waals surface area contributed by atoms with E-state index in [0.29, 0.717) is 11.7 Å². The lowest BCUT2D eigenvalue weighted by atomic mass is 10.0. The largest absolute Gasteiger partial charge is 0.323 e.